The van der Waals surface area contributed by atoms with E-state index in [4.69, 9.17) is 19.4 Å². The molecule has 2 aliphatic rings. The normalized spacial score (nSPS) is 16.0. The lowest BCUT2D eigenvalue weighted by molar-refractivity contribution is 0.371. The Morgan fingerprint density at radius 2 is 1.04 bits per heavy atom. The Hall–Kier alpha value is -6.18. The third-order valence-electron chi connectivity index (χ3n) is 10.1. The van der Waals surface area contributed by atoms with Crippen LogP contribution in [-0.4, -0.2) is 57.2 Å². The smallest absolute Gasteiger partial charge is 0.200 e. The van der Waals surface area contributed by atoms with E-state index < -0.39 is 23.3 Å². The number of pyridine rings is 2. The van der Waals surface area contributed by atoms with Crippen molar-refractivity contribution in [3.63, 3.8) is 0 Å². The quantitative estimate of drug-likeness (QED) is 0.140. The summed E-state index contributed by atoms with van der Waals surface area (Å²) in [6.07, 6.45) is 9.98. The van der Waals surface area contributed by atoms with Crippen molar-refractivity contribution in [2.75, 3.05) is 37.1 Å². The van der Waals surface area contributed by atoms with E-state index >= 15 is 0 Å². The SMILES string of the molecule is CC[C@@H]1c2cnc(-c3ccccn3)nc2CCN1c1cc(F)c(F)c(OC)c1.CC[C@H]1c2cnc(-c3ccccn3)nc2CCN1c1cc(F)c(F)c(OC)c1. The van der Waals surface area contributed by atoms with E-state index in [1.165, 1.54) is 38.5 Å². The van der Waals surface area contributed by atoms with Gasteiger partial charge >= 0.3 is 0 Å². The number of hydrogen-bond acceptors (Lipinski definition) is 10. The lowest BCUT2D eigenvalue weighted by Crippen LogP contribution is -2.36. The summed E-state index contributed by atoms with van der Waals surface area (Å²) in [5, 5.41) is 0. The van der Waals surface area contributed by atoms with Crippen LogP contribution in [0.5, 0.6) is 11.5 Å². The third kappa shape index (κ3) is 7.55. The molecule has 2 aliphatic heterocycles. The molecule has 0 unspecified atom stereocenters. The van der Waals surface area contributed by atoms with E-state index in [1.54, 1.807) is 12.4 Å². The van der Waals surface area contributed by atoms with Gasteiger partial charge in [-0.25, -0.2) is 28.7 Å². The highest BCUT2D eigenvalue weighted by Gasteiger charge is 2.31. The van der Waals surface area contributed by atoms with E-state index in [0.717, 1.165) is 46.7 Å². The van der Waals surface area contributed by atoms with Gasteiger partial charge in [0.25, 0.3) is 0 Å². The Balaban J connectivity index is 0.000000172. The maximum atomic E-state index is 14.0. The van der Waals surface area contributed by atoms with Crippen LogP contribution < -0.4 is 19.3 Å². The van der Waals surface area contributed by atoms with Gasteiger partial charge < -0.3 is 19.3 Å². The predicted molar refractivity (Wildman–Crippen MR) is 205 cm³/mol. The molecule has 0 radical (unpaired) electrons. The molecule has 2 atom stereocenters. The molecular formula is C42H40F4N8O2. The Morgan fingerprint density at radius 3 is 1.39 bits per heavy atom. The number of aromatic nitrogens is 6. The lowest BCUT2D eigenvalue weighted by Gasteiger charge is -2.38. The van der Waals surface area contributed by atoms with E-state index in [0.29, 0.717) is 49.0 Å². The zero-order valence-electron chi connectivity index (χ0n) is 31.4. The first-order valence-electron chi connectivity index (χ1n) is 18.4. The second-order valence-electron chi connectivity index (χ2n) is 13.2. The van der Waals surface area contributed by atoms with Gasteiger partial charge in [0.05, 0.1) is 37.7 Å². The molecule has 0 spiro atoms. The van der Waals surface area contributed by atoms with Crippen molar-refractivity contribution in [3.8, 4) is 34.5 Å². The van der Waals surface area contributed by atoms with Crippen molar-refractivity contribution in [2.24, 2.45) is 0 Å². The number of halogens is 4. The van der Waals surface area contributed by atoms with E-state index in [-0.39, 0.29) is 23.6 Å². The van der Waals surface area contributed by atoms with Crippen LogP contribution in [0.3, 0.4) is 0 Å². The van der Waals surface area contributed by atoms with Gasteiger partial charge in [-0.05, 0) is 37.1 Å². The summed E-state index contributed by atoms with van der Waals surface area (Å²) in [5.74, 6) is -2.79. The molecule has 4 aromatic heterocycles. The maximum Gasteiger partial charge on any atom is 0.200 e. The van der Waals surface area contributed by atoms with Crippen LogP contribution in [0.15, 0.2) is 85.5 Å². The number of rotatable bonds is 8. The lowest BCUT2D eigenvalue weighted by atomic mass is 9.95. The first kappa shape index (κ1) is 38.1. The Labute approximate surface area is 322 Å². The van der Waals surface area contributed by atoms with Gasteiger partial charge in [-0.2, -0.15) is 8.78 Å². The molecule has 0 saturated heterocycles. The summed E-state index contributed by atoms with van der Waals surface area (Å²) in [6, 6.07) is 16.7. The fraction of sp³-hybridized carbons (Fsp3) is 0.286. The largest absolute Gasteiger partial charge is 0.493 e. The summed E-state index contributed by atoms with van der Waals surface area (Å²) in [4.78, 5) is 31.1. The summed E-state index contributed by atoms with van der Waals surface area (Å²) in [6.45, 7) is 5.38. The van der Waals surface area contributed by atoms with Gasteiger partial charge in [-0.3, -0.25) is 9.97 Å². The molecule has 0 amide bonds. The number of anilines is 2. The fourth-order valence-electron chi connectivity index (χ4n) is 7.38. The Kier molecular flexibility index (Phi) is 11.3. The van der Waals surface area contributed by atoms with Crippen molar-refractivity contribution >= 4 is 11.4 Å². The van der Waals surface area contributed by atoms with Crippen LogP contribution in [-0.2, 0) is 12.8 Å². The molecule has 0 aliphatic carbocycles. The van der Waals surface area contributed by atoms with Crippen molar-refractivity contribution in [1.29, 1.82) is 0 Å². The zero-order valence-corrected chi connectivity index (χ0v) is 31.4. The molecule has 14 heteroatoms. The molecule has 0 N–H and O–H groups in total. The minimum absolute atomic E-state index is 0.0314. The molecule has 6 heterocycles. The first-order valence-corrected chi connectivity index (χ1v) is 18.4. The second-order valence-corrected chi connectivity index (χ2v) is 13.2. The minimum Gasteiger partial charge on any atom is -0.493 e. The molecule has 6 aromatic rings. The number of benzene rings is 2. The maximum absolute atomic E-state index is 14.0. The highest BCUT2D eigenvalue weighted by Crippen LogP contribution is 2.39. The summed E-state index contributed by atoms with van der Waals surface area (Å²) < 4.78 is 65.7. The molecule has 0 saturated carbocycles. The van der Waals surface area contributed by atoms with Crippen LogP contribution in [0.4, 0.5) is 28.9 Å². The number of fused-ring (bicyclic) bond motifs is 2. The second kappa shape index (κ2) is 16.7. The first-order chi connectivity index (χ1) is 27.2. The topological polar surface area (TPSA) is 102 Å². The summed E-state index contributed by atoms with van der Waals surface area (Å²) >= 11 is 0. The van der Waals surface area contributed by atoms with Crippen molar-refractivity contribution < 1.29 is 27.0 Å². The monoisotopic (exact) mass is 764 g/mol. The van der Waals surface area contributed by atoms with Gasteiger partial charge in [-0.15, -0.1) is 0 Å². The molecule has 56 heavy (non-hydrogen) atoms. The van der Waals surface area contributed by atoms with Gasteiger partial charge in [0.15, 0.2) is 34.8 Å². The fourth-order valence-corrected chi connectivity index (χ4v) is 7.38. The van der Waals surface area contributed by atoms with Gasteiger partial charge in [0.2, 0.25) is 11.6 Å². The summed E-state index contributed by atoms with van der Waals surface area (Å²) in [7, 11) is 2.66. The van der Waals surface area contributed by atoms with E-state index in [9.17, 15) is 17.6 Å². The molecule has 0 bridgehead atoms. The average Bonchev–Trinajstić information content (AvgIpc) is 3.25. The predicted octanol–water partition coefficient (Wildman–Crippen LogP) is 8.68. The van der Waals surface area contributed by atoms with Crippen molar-refractivity contribution in [1.82, 2.24) is 29.9 Å². The van der Waals surface area contributed by atoms with Crippen LogP contribution >= 0.6 is 0 Å². The average molecular weight is 765 g/mol. The Bertz CT molecular complexity index is 2160. The van der Waals surface area contributed by atoms with Crippen LogP contribution in [0, 0.1) is 23.3 Å². The van der Waals surface area contributed by atoms with Crippen molar-refractivity contribution in [3.05, 3.63) is 131 Å². The van der Waals surface area contributed by atoms with Crippen LogP contribution in [0.1, 0.15) is 61.3 Å². The number of hydrogen-bond donors (Lipinski definition) is 0. The van der Waals surface area contributed by atoms with Crippen LogP contribution in [0.25, 0.3) is 23.0 Å². The number of nitrogens with zero attached hydrogens (tertiary/aromatic N) is 8. The van der Waals surface area contributed by atoms with Crippen molar-refractivity contribution in [2.45, 2.75) is 51.6 Å². The Morgan fingerprint density at radius 1 is 0.607 bits per heavy atom. The van der Waals surface area contributed by atoms with Gasteiger partial charge in [0.1, 0.15) is 11.4 Å². The highest BCUT2D eigenvalue weighted by atomic mass is 19.2. The summed E-state index contributed by atoms with van der Waals surface area (Å²) in [5.41, 5.74) is 6.55. The number of methoxy groups -OCH3 is 2. The third-order valence-corrected chi connectivity index (χ3v) is 10.1. The van der Waals surface area contributed by atoms with Gasteiger partial charge in [0, 0.05) is 97.5 Å². The van der Waals surface area contributed by atoms with Gasteiger partial charge in [-0.1, -0.05) is 26.0 Å². The van der Waals surface area contributed by atoms with E-state index in [1.807, 2.05) is 48.8 Å². The molecule has 8 rings (SSSR count). The molecule has 10 nitrogen and oxygen atoms in total. The molecular weight excluding hydrogens is 725 g/mol. The van der Waals surface area contributed by atoms with E-state index in [2.05, 4.69) is 43.6 Å². The van der Waals surface area contributed by atoms with Crippen LogP contribution in [0.2, 0.25) is 0 Å². The number of ether oxygens (including phenoxy) is 2. The zero-order chi connectivity index (χ0) is 39.3. The molecule has 288 valence electrons. The molecule has 2 aromatic carbocycles. The minimum atomic E-state index is -0.972. The highest BCUT2D eigenvalue weighted by molar-refractivity contribution is 5.58. The standard InChI is InChI=1S/2C21H20F2N4O/c2*1-3-18-14-12-25-21(17-6-4-5-8-24-17)26-16(14)7-9-27(18)13-10-15(22)20(23)19(11-13)28-2/h2*4-6,8,10-12,18H,3,7,9H2,1-2H3/t2*18-/m10/s1. The molecule has 0 fully saturated rings.